The number of benzene rings is 1. The summed E-state index contributed by atoms with van der Waals surface area (Å²) in [5.74, 6) is 0. The van der Waals surface area contributed by atoms with Crippen LogP contribution < -0.4 is 10.2 Å². The lowest BCUT2D eigenvalue weighted by Crippen LogP contribution is -2.27. The zero-order chi connectivity index (χ0) is 13.5. The van der Waals surface area contributed by atoms with Gasteiger partial charge < -0.3 is 10.2 Å². The van der Waals surface area contributed by atoms with E-state index in [0.717, 1.165) is 13.1 Å². The Hall–Kier alpha value is -1.02. The Balaban J connectivity index is 2.42. The van der Waals surface area contributed by atoms with Gasteiger partial charge in [-0.3, -0.25) is 0 Å². The van der Waals surface area contributed by atoms with Gasteiger partial charge in [-0.15, -0.1) is 0 Å². The topological polar surface area (TPSA) is 15.3 Å². The Labute approximate surface area is 112 Å². The van der Waals surface area contributed by atoms with Crippen LogP contribution >= 0.6 is 0 Å². The van der Waals surface area contributed by atoms with E-state index >= 15 is 0 Å². The van der Waals surface area contributed by atoms with E-state index in [1.807, 2.05) is 0 Å². The first-order valence-electron chi connectivity index (χ1n) is 7.05. The second kappa shape index (κ2) is 7.42. The maximum Gasteiger partial charge on any atom is 0.0368 e. The molecule has 0 radical (unpaired) electrons. The molecule has 0 heterocycles. The molecule has 102 valence electrons. The third-order valence-electron chi connectivity index (χ3n) is 3.33. The highest BCUT2D eigenvalue weighted by atomic mass is 15.1. The van der Waals surface area contributed by atoms with E-state index in [0.29, 0.717) is 6.04 Å². The number of anilines is 1. The normalized spacial score (nSPS) is 12.5. The molecule has 0 spiro atoms. The molecule has 0 aliphatic rings. The number of aryl methyl sites for hydroxylation is 2. The molecule has 2 nitrogen and oxygen atoms in total. The second-order valence-electron chi connectivity index (χ2n) is 5.37. The van der Waals surface area contributed by atoms with Gasteiger partial charge in [0.05, 0.1) is 0 Å². The highest BCUT2D eigenvalue weighted by molar-refractivity contribution is 5.50. The fraction of sp³-hybridized carbons (Fsp3) is 0.625. The molecule has 1 unspecified atom stereocenters. The standard InChI is InChI=1S/C16H28N2/c1-6-17-15(4)8-7-9-18(5)16-11-13(2)10-14(3)12-16/h10-12,15,17H,6-9H2,1-5H3. The number of hydrogen-bond acceptors (Lipinski definition) is 2. The smallest absolute Gasteiger partial charge is 0.0368 e. The van der Waals surface area contributed by atoms with Crippen LogP contribution in [0.15, 0.2) is 18.2 Å². The molecule has 1 rings (SSSR count). The Morgan fingerprint density at radius 2 is 1.78 bits per heavy atom. The van der Waals surface area contributed by atoms with E-state index in [-0.39, 0.29) is 0 Å². The molecule has 0 aliphatic heterocycles. The fourth-order valence-corrected chi connectivity index (χ4v) is 2.39. The molecule has 1 aromatic rings. The van der Waals surface area contributed by atoms with Gasteiger partial charge in [0.25, 0.3) is 0 Å². The van der Waals surface area contributed by atoms with Gasteiger partial charge in [-0.05, 0) is 63.4 Å². The summed E-state index contributed by atoms with van der Waals surface area (Å²) in [7, 11) is 2.19. The lowest BCUT2D eigenvalue weighted by atomic mass is 10.1. The molecule has 0 amide bonds. The van der Waals surface area contributed by atoms with Crippen molar-refractivity contribution >= 4 is 5.69 Å². The van der Waals surface area contributed by atoms with Gasteiger partial charge in [-0.1, -0.05) is 13.0 Å². The highest BCUT2D eigenvalue weighted by Crippen LogP contribution is 2.18. The van der Waals surface area contributed by atoms with E-state index in [1.165, 1.54) is 29.7 Å². The van der Waals surface area contributed by atoms with Gasteiger partial charge >= 0.3 is 0 Å². The summed E-state index contributed by atoms with van der Waals surface area (Å²) in [6, 6.07) is 7.38. The Morgan fingerprint density at radius 1 is 1.17 bits per heavy atom. The predicted molar refractivity (Wildman–Crippen MR) is 81.6 cm³/mol. The van der Waals surface area contributed by atoms with E-state index in [1.54, 1.807) is 0 Å². The summed E-state index contributed by atoms with van der Waals surface area (Å²) in [4.78, 5) is 2.36. The van der Waals surface area contributed by atoms with Gasteiger partial charge in [0.1, 0.15) is 0 Å². The quantitative estimate of drug-likeness (QED) is 0.794. The van der Waals surface area contributed by atoms with Crippen molar-refractivity contribution in [2.75, 3.05) is 25.0 Å². The minimum atomic E-state index is 0.627. The van der Waals surface area contributed by atoms with Crippen molar-refractivity contribution < 1.29 is 0 Å². The molecule has 0 saturated heterocycles. The average molecular weight is 248 g/mol. The molecule has 0 bridgehead atoms. The highest BCUT2D eigenvalue weighted by Gasteiger charge is 2.04. The zero-order valence-electron chi connectivity index (χ0n) is 12.6. The summed E-state index contributed by atoms with van der Waals surface area (Å²) in [5, 5.41) is 3.46. The third-order valence-corrected chi connectivity index (χ3v) is 3.33. The molecule has 1 atom stereocenters. The van der Waals surface area contributed by atoms with Crippen molar-refractivity contribution in [3.8, 4) is 0 Å². The lowest BCUT2D eigenvalue weighted by molar-refractivity contribution is 0.513. The van der Waals surface area contributed by atoms with Crippen LogP contribution in [0.2, 0.25) is 0 Å². The van der Waals surface area contributed by atoms with Crippen LogP contribution in [-0.4, -0.2) is 26.2 Å². The summed E-state index contributed by atoms with van der Waals surface area (Å²) in [6.45, 7) is 10.9. The molecular formula is C16H28N2. The number of hydrogen-bond donors (Lipinski definition) is 1. The monoisotopic (exact) mass is 248 g/mol. The fourth-order valence-electron chi connectivity index (χ4n) is 2.39. The number of nitrogens with zero attached hydrogens (tertiary/aromatic N) is 1. The second-order valence-corrected chi connectivity index (χ2v) is 5.37. The Morgan fingerprint density at radius 3 is 2.33 bits per heavy atom. The maximum absolute atomic E-state index is 3.46. The van der Waals surface area contributed by atoms with Gasteiger partial charge in [0, 0.05) is 25.3 Å². The summed E-state index contributed by atoms with van der Waals surface area (Å²) >= 11 is 0. The molecule has 1 aromatic carbocycles. The molecule has 2 heteroatoms. The molecule has 1 N–H and O–H groups in total. The first-order chi connectivity index (χ1) is 8.52. The summed E-state index contributed by atoms with van der Waals surface area (Å²) in [6.07, 6.45) is 2.47. The summed E-state index contributed by atoms with van der Waals surface area (Å²) in [5.41, 5.74) is 4.03. The molecule has 18 heavy (non-hydrogen) atoms. The van der Waals surface area contributed by atoms with Crippen molar-refractivity contribution in [2.45, 2.75) is 46.6 Å². The molecule has 0 aliphatic carbocycles. The Kier molecular flexibility index (Phi) is 6.20. The van der Waals surface area contributed by atoms with Crippen molar-refractivity contribution in [3.63, 3.8) is 0 Å². The summed E-state index contributed by atoms with van der Waals surface area (Å²) < 4.78 is 0. The minimum absolute atomic E-state index is 0.627. The van der Waals surface area contributed by atoms with E-state index in [4.69, 9.17) is 0 Å². The van der Waals surface area contributed by atoms with Crippen LogP contribution in [0.4, 0.5) is 5.69 Å². The van der Waals surface area contributed by atoms with Crippen LogP contribution in [0.5, 0.6) is 0 Å². The first kappa shape index (κ1) is 15.0. The van der Waals surface area contributed by atoms with E-state index < -0.39 is 0 Å². The van der Waals surface area contributed by atoms with E-state index in [9.17, 15) is 0 Å². The maximum atomic E-state index is 3.46. The van der Waals surface area contributed by atoms with Gasteiger partial charge in [0.15, 0.2) is 0 Å². The average Bonchev–Trinajstić information content (AvgIpc) is 2.27. The lowest BCUT2D eigenvalue weighted by Gasteiger charge is -2.21. The van der Waals surface area contributed by atoms with Crippen molar-refractivity contribution in [1.82, 2.24) is 5.32 Å². The predicted octanol–water partition coefficient (Wildman–Crippen LogP) is 3.52. The molecule has 0 aromatic heterocycles. The van der Waals surface area contributed by atoms with Gasteiger partial charge in [-0.25, -0.2) is 0 Å². The van der Waals surface area contributed by atoms with Crippen LogP contribution in [0.1, 0.15) is 37.8 Å². The van der Waals surface area contributed by atoms with Crippen molar-refractivity contribution in [3.05, 3.63) is 29.3 Å². The van der Waals surface area contributed by atoms with E-state index in [2.05, 4.69) is 63.2 Å². The number of nitrogens with one attached hydrogen (secondary N) is 1. The minimum Gasteiger partial charge on any atom is -0.375 e. The van der Waals surface area contributed by atoms with Crippen molar-refractivity contribution in [2.24, 2.45) is 0 Å². The molecule has 0 saturated carbocycles. The van der Waals surface area contributed by atoms with Crippen LogP contribution in [-0.2, 0) is 0 Å². The van der Waals surface area contributed by atoms with Crippen molar-refractivity contribution in [1.29, 1.82) is 0 Å². The van der Waals surface area contributed by atoms with Gasteiger partial charge in [0.2, 0.25) is 0 Å². The zero-order valence-corrected chi connectivity index (χ0v) is 12.6. The molecule has 0 fully saturated rings. The Bertz CT molecular complexity index is 340. The largest absolute Gasteiger partial charge is 0.375 e. The first-order valence-corrected chi connectivity index (χ1v) is 7.05. The SMILES string of the molecule is CCNC(C)CCCN(C)c1cc(C)cc(C)c1. The molecular weight excluding hydrogens is 220 g/mol. The van der Waals surface area contributed by atoms with Crippen LogP contribution in [0, 0.1) is 13.8 Å². The third kappa shape index (κ3) is 5.09. The van der Waals surface area contributed by atoms with Crippen LogP contribution in [0.25, 0.3) is 0 Å². The van der Waals surface area contributed by atoms with Crippen LogP contribution in [0.3, 0.4) is 0 Å². The number of rotatable bonds is 7. The van der Waals surface area contributed by atoms with Gasteiger partial charge in [-0.2, -0.15) is 0 Å².